The summed E-state index contributed by atoms with van der Waals surface area (Å²) < 4.78 is 40.2. The molecule has 0 radical (unpaired) electrons. The van der Waals surface area contributed by atoms with Crippen molar-refractivity contribution < 1.29 is 28.2 Å². The van der Waals surface area contributed by atoms with Crippen molar-refractivity contribution in [3.63, 3.8) is 0 Å². The summed E-state index contributed by atoms with van der Waals surface area (Å²) >= 11 is 0. The standard InChI is InChI=1S/C23H36F2O4/c1-5-6-13-23(3,25)19(26)12-11-16-15(2)14-18-21(16)22(24)17(29-18)9-7-8-10-20(27)28-4/h9,11-12,15-16,18-19,21-22,26H,5-8,10,13-14H2,1-4H3/b12-11+,17-9-/t15-,16+,18+,19-,21-,22?,23?/m1/s1. The predicted octanol–water partition coefficient (Wildman–Crippen LogP) is 5.06. The SMILES string of the molecule is CCCCC(C)(F)[C@H](O)/C=C/[C@@H]1[C@H]2C(F)/C(=C/CCCC(=O)OC)O[C@H]2C[C@H]1C. The molecule has 1 N–H and O–H groups in total. The number of aliphatic hydroxyl groups excluding tert-OH is 1. The van der Waals surface area contributed by atoms with Crippen molar-refractivity contribution >= 4 is 5.97 Å². The van der Waals surface area contributed by atoms with E-state index in [1.807, 2.05) is 13.8 Å². The van der Waals surface area contributed by atoms with Crippen LogP contribution < -0.4 is 0 Å². The molecule has 2 unspecified atom stereocenters. The molecular formula is C23H36F2O4. The Bertz CT molecular complexity index is 602. The molecule has 1 heterocycles. The molecule has 2 rings (SSSR count). The van der Waals surface area contributed by atoms with Gasteiger partial charge in [-0.05, 0) is 50.5 Å². The summed E-state index contributed by atoms with van der Waals surface area (Å²) in [7, 11) is 1.35. The van der Waals surface area contributed by atoms with Crippen LogP contribution in [0, 0.1) is 17.8 Å². The molecule has 2 fully saturated rings. The maximum absolute atomic E-state index is 15.1. The number of fused-ring (bicyclic) bond motifs is 1. The molecule has 29 heavy (non-hydrogen) atoms. The third kappa shape index (κ3) is 6.03. The van der Waals surface area contributed by atoms with Gasteiger partial charge in [0, 0.05) is 12.3 Å². The topological polar surface area (TPSA) is 55.8 Å². The molecule has 1 aliphatic heterocycles. The van der Waals surface area contributed by atoms with Crippen molar-refractivity contribution in [3.8, 4) is 0 Å². The normalized spacial score (nSPS) is 33.5. The highest BCUT2D eigenvalue weighted by atomic mass is 19.1. The number of carbonyl (C=O) groups excluding carboxylic acids is 1. The van der Waals surface area contributed by atoms with Crippen molar-refractivity contribution in [2.24, 2.45) is 17.8 Å². The molecule has 2 aliphatic rings. The number of esters is 1. The van der Waals surface area contributed by atoms with E-state index in [1.165, 1.54) is 20.1 Å². The van der Waals surface area contributed by atoms with Gasteiger partial charge in [-0.2, -0.15) is 0 Å². The van der Waals surface area contributed by atoms with Crippen molar-refractivity contribution in [2.45, 2.75) is 89.8 Å². The van der Waals surface area contributed by atoms with E-state index >= 15 is 4.39 Å². The molecule has 1 saturated carbocycles. The van der Waals surface area contributed by atoms with Gasteiger partial charge >= 0.3 is 5.97 Å². The highest BCUT2D eigenvalue weighted by molar-refractivity contribution is 5.69. The smallest absolute Gasteiger partial charge is 0.305 e. The Morgan fingerprint density at radius 1 is 1.45 bits per heavy atom. The van der Waals surface area contributed by atoms with Crippen LogP contribution in [0.5, 0.6) is 0 Å². The van der Waals surface area contributed by atoms with Crippen molar-refractivity contribution in [2.75, 3.05) is 7.11 Å². The average Bonchev–Trinajstić information content (AvgIpc) is 3.16. The van der Waals surface area contributed by atoms with E-state index in [2.05, 4.69) is 4.74 Å². The number of aliphatic hydroxyl groups is 1. The first kappa shape index (κ1) is 23.8. The fourth-order valence-electron chi connectivity index (χ4n) is 4.42. The van der Waals surface area contributed by atoms with Crippen molar-refractivity contribution in [3.05, 3.63) is 24.0 Å². The Morgan fingerprint density at radius 2 is 2.17 bits per heavy atom. The highest BCUT2D eigenvalue weighted by Gasteiger charge is 2.52. The lowest BCUT2D eigenvalue weighted by atomic mass is 9.85. The number of carbonyl (C=O) groups is 1. The van der Waals surface area contributed by atoms with Gasteiger partial charge < -0.3 is 14.6 Å². The lowest BCUT2D eigenvalue weighted by Crippen LogP contribution is -2.33. The third-order valence-corrected chi connectivity index (χ3v) is 6.34. The zero-order chi connectivity index (χ0) is 21.6. The molecule has 4 nitrogen and oxygen atoms in total. The molecule has 0 amide bonds. The van der Waals surface area contributed by atoms with Crippen LogP contribution in [-0.2, 0) is 14.3 Å². The quantitative estimate of drug-likeness (QED) is 0.308. The van der Waals surface area contributed by atoms with E-state index in [-0.39, 0.29) is 29.8 Å². The van der Waals surface area contributed by atoms with E-state index in [0.29, 0.717) is 37.9 Å². The first-order chi connectivity index (χ1) is 13.7. The van der Waals surface area contributed by atoms with Crippen LogP contribution >= 0.6 is 0 Å². The second-order valence-electron chi connectivity index (χ2n) is 8.71. The maximum atomic E-state index is 15.1. The van der Waals surface area contributed by atoms with Crippen LogP contribution in [0.15, 0.2) is 24.0 Å². The summed E-state index contributed by atoms with van der Waals surface area (Å²) in [5, 5.41) is 10.3. The Balaban J connectivity index is 1.98. The van der Waals surface area contributed by atoms with Gasteiger partial charge in [-0.25, -0.2) is 8.78 Å². The van der Waals surface area contributed by atoms with Crippen molar-refractivity contribution in [1.29, 1.82) is 0 Å². The summed E-state index contributed by atoms with van der Waals surface area (Å²) in [6.07, 6.45) is 6.46. The van der Waals surface area contributed by atoms with Crippen LogP contribution in [-0.4, -0.2) is 42.2 Å². The number of allylic oxidation sites excluding steroid dienone is 3. The minimum absolute atomic E-state index is 0.104. The average molecular weight is 415 g/mol. The molecule has 1 saturated heterocycles. The molecule has 1 aliphatic carbocycles. The fourth-order valence-corrected chi connectivity index (χ4v) is 4.42. The highest BCUT2D eigenvalue weighted by Crippen LogP contribution is 2.49. The molecular weight excluding hydrogens is 378 g/mol. The van der Waals surface area contributed by atoms with Gasteiger partial charge in [0.25, 0.3) is 0 Å². The number of halogens is 2. The van der Waals surface area contributed by atoms with E-state index in [1.54, 1.807) is 12.2 Å². The summed E-state index contributed by atoms with van der Waals surface area (Å²) in [6, 6.07) is 0. The Morgan fingerprint density at radius 3 is 2.83 bits per heavy atom. The Kier molecular flexibility index (Phi) is 8.68. The van der Waals surface area contributed by atoms with E-state index in [4.69, 9.17) is 4.74 Å². The summed E-state index contributed by atoms with van der Waals surface area (Å²) in [4.78, 5) is 11.2. The molecule has 166 valence electrons. The number of unbranched alkanes of at least 4 members (excludes halogenated alkanes) is 2. The lowest BCUT2D eigenvalue weighted by molar-refractivity contribution is -0.140. The monoisotopic (exact) mass is 414 g/mol. The molecule has 0 aromatic heterocycles. The van der Waals surface area contributed by atoms with Gasteiger partial charge in [0.05, 0.1) is 7.11 Å². The van der Waals surface area contributed by atoms with Gasteiger partial charge in [-0.3, -0.25) is 4.79 Å². The van der Waals surface area contributed by atoms with E-state index in [0.717, 1.165) is 12.8 Å². The Labute approximate surface area is 173 Å². The van der Waals surface area contributed by atoms with Crippen LogP contribution in [0.25, 0.3) is 0 Å². The zero-order valence-corrected chi connectivity index (χ0v) is 18.1. The lowest BCUT2D eigenvalue weighted by Gasteiger charge is -2.25. The van der Waals surface area contributed by atoms with Crippen LogP contribution in [0.4, 0.5) is 8.78 Å². The molecule has 6 heteroatoms. The van der Waals surface area contributed by atoms with Crippen molar-refractivity contribution in [1.82, 2.24) is 0 Å². The first-order valence-electron chi connectivity index (χ1n) is 10.8. The van der Waals surface area contributed by atoms with Crippen LogP contribution in [0.2, 0.25) is 0 Å². The molecule has 0 bridgehead atoms. The Hall–Kier alpha value is -1.43. The number of methoxy groups -OCH3 is 1. The van der Waals surface area contributed by atoms with Gasteiger partial charge in [0.2, 0.25) is 0 Å². The van der Waals surface area contributed by atoms with Gasteiger partial charge in [0.1, 0.15) is 23.6 Å². The molecule has 7 atom stereocenters. The predicted molar refractivity (Wildman–Crippen MR) is 109 cm³/mol. The summed E-state index contributed by atoms with van der Waals surface area (Å²) in [6.45, 7) is 5.45. The second kappa shape index (κ2) is 10.6. The molecule has 0 aromatic rings. The number of rotatable bonds is 10. The molecule has 0 aromatic carbocycles. The van der Waals surface area contributed by atoms with Gasteiger partial charge in [-0.1, -0.05) is 38.8 Å². The first-order valence-corrected chi connectivity index (χ1v) is 10.8. The van der Waals surface area contributed by atoms with E-state index < -0.39 is 17.9 Å². The number of ether oxygens (including phenoxy) is 2. The third-order valence-electron chi connectivity index (χ3n) is 6.34. The zero-order valence-electron chi connectivity index (χ0n) is 18.1. The number of hydrogen-bond donors (Lipinski definition) is 1. The molecule has 0 spiro atoms. The van der Waals surface area contributed by atoms with Crippen LogP contribution in [0.3, 0.4) is 0 Å². The summed E-state index contributed by atoms with van der Waals surface area (Å²) in [5.74, 6) is -0.154. The minimum atomic E-state index is -1.68. The second-order valence-corrected chi connectivity index (χ2v) is 8.71. The number of hydrogen-bond acceptors (Lipinski definition) is 4. The van der Waals surface area contributed by atoms with Gasteiger partial charge in [-0.15, -0.1) is 0 Å². The van der Waals surface area contributed by atoms with Crippen LogP contribution in [0.1, 0.15) is 65.7 Å². The largest absolute Gasteiger partial charge is 0.492 e. The van der Waals surface area contributed by atoms with E-state index in [9.17, 15) is 14.3 Å². The van der Waals surface area contributed by atoms with Gasteiger partial charge in [0.15, 0.2) is 6.17 Å². The maximum Gasteiger partial charge on any atom is 0.305 e. The number of alkyl halides is 2. The summed E-state index contributed by atoms with van der Waals surface area (Å²) in [5.41, 5.74) is -1.68. The minimum Gasteiger partial charge on any atom is -0.492 e. The fraction of sp³-hybridized carbons (Fsp3) is 0.783.